The first-order valence-electron chi connectivity index (χ1n) is 12.3. The standard InChI is InChI=1S/C27H42N2O5S/c1-21(2)15-25(19-30)28(17-23-9-7-6-8-10-23)35(32,33)29(26(20-31)16-22(3)4)18-24-11-13-27(34-5)14-12-24/h6-14,21-22,25-26,30-31H,15-20H2,1-5H3/t25-,26-/m0/s1. The van der Waals surface area contributed by atoms with Gasteiger partial charge in [0.2, 0.25) is 0 Å². The summed E-state index contributed by atoms with van der Waals surface area (Å²) < 4.78 is 36.7. The van der Waals surface area contributed by atoms with Gasteiger partial charge in [0.05, 0.1) is 20.3 Å². The molecule has 35 heavy (non-hydrogen) atoms. The molecule has 0 spiro atoms. The summed E-state index contributed by atoms with van der Waals surface area (Å²) in [5, 5.41) is 20.6. The van der Waals surface area contributed by atoms with Crippen LogP contribution in [0.15, 0.2) is 54.6 Å². The Balaban J connectivity index is 2.55. The van der Waals surface area contributed by atoms with Gasteiger partial charge in [0.1, 0.15) is 5.75 Å². The Kier molecular flexibility index (Phi) is 11.7. The molecule has 196 valence electrons. The predicted octanol–water partition coefficient (Wildman–Crippen LogP) is 4.06. The zero-order valence-electron chi connectivity index (χ0n) is 21.7. The number of nitrogens with zero attached hydrogens (tertiary/aromatic N) is 2. The molecule has 0 heterocycles. The van der Waals surface area contributed by atoms with Crippen molar-refractivity contribution in [2.24, 2.45) is 11.8 Å². The average molecular weight is 507 g/mol. The maximum atomic E-state index is 14.3. The maximum absolute atomic E-state index is 14.3. The number of benzene rings is 2. The molecule has 2 rings (SSSR count). The molecule has 2 atom stereocenters. The highest BCUT2D eigenvalue weighted by molar-refractivity contribution is 7.86. The number of aliphatic hydroxyl groups excluding tert-OH is 2. The first-order valence-corrected chi connectivity index (χ1v) is 13.7. The van der Waals surface area contributed by atoms with Crippen molar-refractivity contribution in [3.63, 3.8) is 0 Å². The van der Waals surface area contributed by atoms with Crippen LogP contribution in [0, 0.1) is 11.8 Å². The molecule has 0 aliphatic rings. The molecule has 2 aromatic rings. The van der Waals surface area contributed by atoms with Gasteiger partial charge >= 0.3 is 0 Å². The van der Waals surface area contributed by atoms with Crippen LogP contribution in [0.2, 0.25) is 0 Å². The quantitative estimate of drug-likeness (QED) is 0.380. The van der Waals surface area contributed by atoms with Gasteiger partial charge < -0.3 is 14.9 Å². The summed E-state index contributed by atoms with van der Waals surface area (Å²) in [6.07, 6.45) is 1.03. The molecule has 0 aromatic heterocycles. The van der Waals surface area contributed by atoms with Crippen LogP contribution in [0.4, 0.5) is 0 Å². The Bertz CT molecular complexity index is 965. The van der Waals surface area contributed by atoms with Gasteiger partial charge in [-0.1, -0.05) is 70.2 Å². The van der Waals surface area contributed by atoms with Crippen LogP contribution in [-0.2, 0) is 23.3 Å². The predicted molar refractivity (Wildman–Crippen MR) is 140 cm³/mol. The Hall–Kier alpha value is -1.97. The van der Waals surface area contributed by atoms with Crippen molar-refractivity contribution in [1.82, 2.24) is 8.61 Å². The van der Waals surface area contributed by atoms with E-state index < -0.39 is 22.3 Å². The van der Waals surface area contributed by atoms with Crippen molar-refractivity contribution in [1.29, 1.82) is 0 Å². The summed E-state index contributed by atoms with van der Waals surface area (Å²) in [6.45, 7) is 7.72. The molecule has 0 fully saturated rings. The van der Waals surface area contributed by atoms with E-state index in [1.165, 1.54) is 8.61 Å². The molecular formula is C27H42N2O5S. The molecule has 0 aliphatic carbocycles. The van der Waals surface area contributed by atoms with Crippen LogP contribution < -0.4 is 4.74 Å². The number of rotatable bonds is 15. The fourth-order valence-electron chi connectivity index (χ4n) is 4.26. The van der Waals surface area contributed by atoms with E-state index in [0.717, 1.165) is 11.1 Å². The summed E-state index contributed by atoms with van der Waals surface area (Å²) in [7, 11) is -2.49. The zero-order valence-corrected chi connectivity index (χ0v) is 22.5. The second kappa shape index (κ2) is 13.9. The molecule has 0 bridgehead atoms. The Morgan fingerprint density at radius 2 is 1.17 bits per heavy atom. The van der Waals surface area contributed by atoms with Gasteiger partial charge in [0.25, 0.3) is 10.2 Å². The zero-order chi connectivity index (χ0) is 26.0. The van der Waals surface area contributed by atoms with Crippen molar-refractivity contribution in [2.75, 3.05) is 20.3 Å². The molecule has 8 heteroatoms. The van der Waals surface area contributed by atoms with Gasteiger partial charge in [-0.15, -0.1) is 0 Å². The SMILES string of the molecule is COc1ccc(CN([C@H](CO)CC(C)C)S(=O)(=O)N(Cc2ccccc2)[C@H](CO)CC(C)C)cc1. The minimum absolute atomic E-state index is 0.107. The minimum atomic E-state index is -4.07. The highest BCUT2D eigenvalue weighted by Gasteiger charge is 2.39. The number of aliphatic hydroxyl groups is 2. The Labute approximate surface area is 211 Å². The number of hydrogen-bond donors (Lipinski definition) is 2. The number of ether oxygens (including phenoxy) is 1. The molecule has 7 nitrogen and oxygen atoms in total. The van der Waals surface area contributed by atoms with E-state index >= 15 is 0 Å². The van der Waals surface area contributed by atoms with Crippen LogP contribution in [0.25, 0.3) is 0 Å². The summed E-state index contributed by atoms with van der Waals surface area (Å²) in [4.78, 5) is 0. The van der Waals surface area contributed by atoms with Crippen LogP contribution in [0.5, 0.6) is 5.75 Å². The lowest BCUT2D eigenvalue weighted by Crippen LogP contribution is -2.53. The molecule has 0 saturated carbocycles. The van der Waals surface area contributed by atoms with Crippen LogP contribution in [0.1, 0.15) is 51.7 Å². The molecule has 0 saturated heterocycles. The van der Waals surface area contributed by atoms with Crippen molar-refractivity contribution in [3.05, 3.63) is 65.7 Å². The maximum Gasteiger partial charge on any atom is 0.283 e. The van der Waals surface area contributed by atoms with E-state index in [4.69, 9.17) is 4.74 Å². The van der Waals surface area contributed by atoms with Crippen LogP contribution in [0.3, 0.4) is 0 Å². The van der Waals surface area contributed by atoms with Gasteiger partial charge in [-0.05, 0) is 47.9 Å². The highest BCUT2D eigenvalue weighted by atomic mass is 32.2. The first-order chi connectivity index (χ1) is 16.6. The lowest BCUT2D eigenvalue weighted by molar-refractivity contribution is 0.131. The Morgan fingerprint density at radius 1 is 0.743 bits per heavy atom. The van der Waals surface area contributed by atoms with E-state index in [1.54, 1.807) is 19.2 Å². The molecule has 0 radical (unpaired) electrons. The lowest BCUT2D eigenvalue weighted by Gasteiger charge is -2.38. The topological polar surface area (TPSA) is 90.3 Å². The van der Waals surface area contributed by atoms with Gasteiger partial charge in [0.15, 0.2) is 0 Å². The highest BCUT2D eigenvalue weighted by Crippen LogP contribution is 2.27. The second-order valence-corrected chi connectivity index (χ2v) is 11.7. The average Bonchev–Trinajstić information content (AvgIpc) is 2.83. The summed E-state index contributed by atoms with van der Waals surface area (Å²) in [5.74, 6) is 1.07. The Morgan fingerprint density at radius 3 is 1.54 bits per heavy atom. The third-order valence-corrected chi connectivity index (χ3v) is 8.03. The van der Waals surface area contributed by atoms with Crippen molar-refractivity contribution in [3.8, 4) is 5.75 Å². The van der Waals surface area contributed by atoms with E-state index in [1.807, 2.05) is 70.2 Å². The third-order valence-electron chi connectivity index (χ3n) is 5.99. The monoisotopic (exact) mass is 506 g/mol. The number of methoxy groups -OCH3 is 1. The minimum Gasteiger partial charge on any atom is -0.497 e. The number of hydrogen-bond acceptors (Lipinski definition) is 5. The molecule has 2 aromatic carbocycles. The molecular weight excluding hydrogens is 464 g/mol. The van der Waals surface area contributed by atoms with E-state index in [2.05, 4.69) is 0 Å². The van der Waals surface area contributed by atoms with Crippen LogP contribution in [-0.4, -0.2) is 59.6 Å². The van der Waals surface area contributed by atoms with E-state index in [-0.39, 0.29) is 38.1 Å². The summed E-state index contributed by atoms with van der Waals surface area (Å²) in [5.41, 5.74) is 1.63. The van der Waals surface area contributed by atoms with Gasteiger partial charge in [-0.2, -0.15) is 17.0 Å². The largest absolute Gasteiger partial charge is 0.497 e. The summed E-state index contributed by atoms with van der Waals surface area (Å²) in [6, 6.07) is 15.5. The normalized spacial score (nSPS) is 14.1. The van der Waals surface area contributed by atoms with Crippen molar-refractivity contribution < 1.29 is 23.4 Å². The fourth-order valence-corrected chi connectivity index (χ4v) is 6.21. The van der Waals surface area contributed by atoms with Crippen molar-refractivity contribution in [2.45, 2.75) is 65.7 Å². The fraction of sp³-hybridized carbons (Fsp3) is 0.556. The molecule has 2 N–H and O–H groups in total. The van der Waals surface area contributed by atoms with Gasteiger partial charge in [-0.3, -0.25) is 0 Å². The smallest absolute Gasteiger partial charge is 0.283 e. The van der Waals surface area contributed by atoms with Crippen LogP contribution >= 0.6 is 0 Å². The third kappa shape index (κ3) is 8.58. The molecule has 0 unspecified atom stereocenters. The lowest BCUT2D eigenvalue weighted by atomic mass is 10.0. The molecule has 0 aliphatic heterocycles. The van der Waals surface area contributed by atoms with E-state index in [0.29, 0.717) is 18.6 Å². The van der Waals surface area contributed by atoms with Gasteiger partial charge in [-0.25, -0.2) is 0 Å². The second-order valence-electron chi connectivity index (χ2n) is 9.86. The first kappa shape index (κ1) is 29.3. The van der Waals surface area contributed by atoms with Crippen molar-refractivity contribution >= 4 is 10.2 Å². The van der Waals surface area contributed by atoms with Gasteiger partial charge in [0, 0.05) is 25.2 Å². The summed E-state index contributed by atoms with van der Waals surface area (Å²) >= 11 is 0. The van der Waals surface area contributed by atoms with E-state index in [9.17, 15) is 18.6 Å². The molecule has 0 amide bonds.